The Balaban J connectivity index is 2.01. The first kappa shape index (κ1) is 15.6. The molecule has 8 heteroatoms. The van der Waals surface area contributed by atoms with Crippen molar-refractivity contribution in [2.45, 2.75) is 6.54 Å². The van der Waals surface area contributed by atoms with E-state index in [1.54, 1.807) is 6.07 Å². The van der Waals surface area contributed by atoms with E-state index in [-0.39, 0.29) is 17.9 Å². The van der Waals surface area contributed by atoms with Crippen LogP contribution >= 0.6 is 23.2 Å². The van der Waals surface area contributed by atoms with Crippen LogP contribution in [0, 0.1) is 0 Å². The van der Waals surface area contributed by atoms with Crippen molar-refractivity contribution in [1.29, 1.82) is 0 Å². The molecule has 3 rings (SSSR count). The minimum absolute atomic E-state index is 0.0652. The van der Waals surface area contributed by atoms with Gasteiger partial charge < -0.3 is 9.15 Å². The highest BCUT2D eigenvalue weighted by atomic mass is 35.5. The Morgan fingerprint density at radius 1 is 1.35 bits per heavy atom. The fraction of sp³-hybridized carbons (Fsp3) is 0.133. The van der Waals surface area contributed by atoms with Crippen LogP contribution in [-0.4, -0.2) is 22.6 Å². The van der Waals surface area contributed by atoms with Gasteiger partial charge in [0, 0.05) is 5.02 Å². The number of ether oxygens (including phenoxy) is 1. The maximum Gasteiger partial charge on any atom is 0.373 e. The second-order valence-electron chi connectivity index (χ2n) is 4.72. The molecule has 0 fully saturated rings. The van der Waals surface area contributed by atoms with Crippen molar-refractivity contribution in [1.82, 2.24) is 9.55 Å². The van der Waals surface area contributed by atoms with Gasteiger partial charge in [-0.05, 0) is 24.3 Å². The van der Waals surface area contributed by atoms with Crippen LogP contribution in [0.25, 0.3) is 10.9 Å². The van der Waals surface area contributed by atoms with Gasteiger partial charge >= 0.3 is 5.97 Å². The Hall–Kier alpha value is -2.31. The van der Waals surface area contributed by atoms with Crippen molar-refractivity contribution in [3.8, 4) is 0 Å². The lowest BCUT2D eigenvalue weighted by molar-refractivity contribution is 0.0563. The molecule has 118 valence electrons. The van der Waals surface area contributed by atoms with E-state index in [2.05, 4.69) is 9.72 Å². The molecule has 3 aromatic rings. The Kier molecular flexibility index (Phi) is 4.11. The largest absolute Gasteiger partial charge is 0.463 e. The number of carbonyl (C=O) groups excluding carboxylic acids is 1. The number of esters is 1. The molecule has 0 bridgehead atoms. The zero-order chi connectivity index (χ0) is 16.6. The molecule has 0 aliphatic carbocycles. The van der Waals surface area contributed by atoms with Crippen LogP contribution < -0.4 is 5.56 Å². The fourth-order valence-corrected chi connectivity index (χ4v) is 2.69. The minimum atomic E-state index is -0.584. The van der Waals surface area contributed by atoms with Gasteiger partial charge in [0.05, 0.1) is 35.9 Å². The Labute approximate surface area is 140 Å². The van der Waals surface area contributed by atoms with Gasteiger partial charge in [-0.3, -0.25) is 9.36 Å². The lowest BCUT2D eigenvalue weighted by Crippen LogP contribution is -2.21. The molecule has 0 N–H and O–H groups in total. The third-order valence-electron chi connectivity index (χ3n) is 3.22. The van der Waals surface area contributed by atoms with E-state index in [0.29, 0.717) is 26.7 Å². The summed E-state index contributed by atoms with van der Waals surface area (Å²) in [4.78, 5) is 28.1. The molecule has 0 aliphatic heterocycles. The van der Waals surface area contributed by atoms with Gasteiger partial charge in [-0.1, -0.05) is 23.2 Å². The van der Waals surface area contributed by atoms with Crippen molar-refractivity contribution in [2.24, 2.45) is 0 Å². The zero-order valence-corrected chi connectivity index (χ0v) is 13.4. The molecule has 0 unspecified atom stereocenters. The van der Waals surface area contributed by atoms with Crippen LogP contribution in [0.3, 0.4) is 0 Å². The Bertz CT molecular complexity index is 962. The molecule has 2 aromatic heterocycles. The van der Waals surface area contributed by atoms with Crippen LogP contribution in [0.4, 0.5) is 0 Å². The van der Waals surface area contributed by atoms with E-state index in [4.69, 9.17) is 27.6 Å². The van der Waals surface area contributed by atoms with Crippen molar-refractivity contribution < 1.29 is 13.9 Å². The molecule has 0 saturated heterocycles. The number of methoxy groups -OCH3 is 1. The first-order valence-electron chi connectivity index (χ1n) is 6.51. The summed E-state index contributed by atoms with van der Waals surface area (Å²) in [5, 5.41) is 0.970. The van der Waals surface area contributed by atoms with E-state index in [1.165, 1.54) is 36.2 Å². The molecule has 0 spiro atoms. The average Bonchev–Trinajstić information content (AvgIpc) is 2.98. The van der Waals surface area contributed by atoms with Crippen LogP contribution in [0.15, 0.2) is 39.8 Å². The van der Waals surface area contributed by atoms with E-state index in [0.717, 1.165) is 0 Å². The summed E-state index contributed by atoms with van der Waals surface area (Å²) in [6.07, 6.45) is 1.37. The van der Waals surface area contributed by atoms with Crippen molar-refractivity contribution in [3.63, 3.8) is 0 Å². The summed E-state index contributed by atoms with van der Waals surface area (Å²) in [6.45, 7) is 0.114. The van der Waals surface area contributed by atoms with E-state index < -0.39 is 5.97 Å². The van der Waals surface area contributed by atoms with Crippen molar-refractivity contribution in [2.75, 3.05) is 7.11 Å². The SMILES string of the molecule is COC(=O)c1ccc(Cn2cnc3c(Cl)cc(Cl)cc3c2=O)o1. The molecule has 2 heterocycles. The van der Waals surface area contributed by atoms with Gasteiger partial charge in [0.15, 0.2) is 0 Å². The standard InChI is InChI=1S/C15H10Cl2N2O4/c1-22-15(21)12-3-2-9(23-12)6-19-7-18-13-10(14(19)20)4-8(16)5-11(13)17/h2-5,7H,6H2,1H3. The number of rotatable bonds is 3. The normalized spacial score (nSPS) is 10.9. The highest BCUT2D eigenvalue weighted by Crippen LogP contribution is 2.24. The van der Waals surface area contributed by atoms with Crippen LogP contribution in [0.5, 0.6) is 0 Å². The van der Waals surface area contributed by atoms with Gasteiger partial charge in [-0.15, -0.1) is 0 Å². The number of halogens is 2. The quantitative estimate of drug-likeness (QED) is 0.677. The van der Waals surface area contributed by atoms with Gasteiger partial charge in [-0.2, -0.15) is 0 Å². The first-order valence-corrected chi connectivity index (χ1v) is 7.26. The highest BCUT2D eigenvalue weighted by molar-refractivity contribution is 6.38. The predicted octanol–water partition coefficient (Wildman–Crippen LogP) is 3.13. The smallest absolute Gasteiger partial charge is 0.373 e. The van der Waals surface area contributed by atoms with E-state index in [9.17, 15) is 9.59 Å². The lowest BCUT2D eigenvalue weighted by atomic mass is 10.2. The van der Waals surface area contributed by atoms with E-state index in [1.807, 2.05) is 0 Å². The first-order chi connectivity index (χ1) is 11.0. The third kappa shape index (κ3) is 2.95. The number of furan rings is 1. The summed E-state index contributed by atoms with van der Waals surface area (Å²) < 4.78 is 11.2. The zero-order valence-electron chi connectivity index (χ0n) is 11.9. The molecule has 0 saturated carbocycles. The molecule has 1 aromatic carbocycles. The third-order valence-corrected chi connectivity index (χ3v) is 3.73. The topological polar surface area (TPSA) is 74.3 Å². The predicted molar refractivity (Wildman–Crippen MR) is 85.2 cm³/mol. The minimum Gasteiger partial charge on any atom is -0.463 e. The van der Waals surface area contributed by atoms with Crippen LogP contribution in [0.2, 0.25) is 10.0 Å². The summed E-state index contributed by atoms with van der Waals surface area (Å²) in [5.41, 5.74) is 0.0717. The number of carbonyl (C=O) groups is 1. The van der Waals surface area contributed by atoms with Gasteiger partial charge in [0.25, 0.3) is 5.56 Å². The monoisotopic (exact) mass is 352 g/mol. The number of fused-ring (bicyclic) bond motifs is 1. The molecule has 23 heavy (non-hydrogen) atoms. The molecule has 0 radical (unpaired) electrons. The Morgan fingerprint density at radius 2 is 2.13 bits per heavy atom. The number of hydrogen-bond acceptors (Lipinski definition) is 5. The Morgan fingerprint density at radius 3 is 2.87 bits per heavy atom. The molecule has 6 nitrogen and oxygen atoms in total. The number of hydrogen-bond donors (Lipinski definition) is 0. The van der Waals surface area contributed by atoms with Crippen molar-refractivity contribution in [3.05, 3.63) is 62.5 Å². The summed E-state index contributed by atoms with van der Waals surface area (Å²) in [5.74, 6) is -0.101. The summed E-state index contributed by atoms with van der Waals surface area (Å²) >= 11 is 12.0. The fourth-order valence-electron chi connectivity index (χ4n) is 2.15. The molecular weight excluding hydrogens is 343 g/mol. The maximum absolute atomic E-state index is 12.5. The van der Waals surface area contributed by atoms with Gasteiger partial charge in [-0.25, -0.2) is 9.78 Å². The lowest BCUT2D eigenvalue weighted by Gasteiger charge is -2.06. The molecule has 0 amide bonds. The summed E-state index contributed by atoms with van der Waals surface area (Å²) in [7, 11) is 1.26. The highest BCUT2D eigenvalue weighted by Gasteiger charge is 2.13. The number of benzene rings is 1. The van der Waals surface area contributed by atoms with E-state index >= 15 is 0 Å². The maximum atomic E-state index is 12.5. The van der Waals surface area contributed by atoms with Gasteiger partial charge in [0.2, 0.25) is 5.76 Å². The van der Waals surface area contributed by atoms with Crippen molar-refractivity contribution >= 4 is 40.1 Å². The average molecular weight is 353 g/mol. The van der Waals surface area contributed by atoms with Crippen LogP contribution in [-0.2, 0) is 11.3 Å². The second-order valence-corrected chi connectivity index (χ2v) is 5.56. The van der Waals surface area contributed by atoms with Gasteiger partial charge in [0.1, 0.15) is 5.76 Å². The molecule has 0 aliphatic rings. The number of aromatic nitrogens is 2. The molecular formula is C15H10Cl2N2O4. The van der Waals surface area contributed by atoms with Crippen LogP contribution in [0.1, 0.15) is 16.3 Å². The molecule has 0 atom stereocenters. The summed E-state index contributed by atoms with van der Waals surface area (Å²) in [6, 6.07) is 6.11. The number of nitrogens with zero attached hydrogens (tertiary/aromatic N) is 2. The second kappa shape index (κ2) is 6.06.